The predicted molar refractivity (Wildman–Crippen MR) is 94.6 cm³/mol. The van der Waals surface area contributed by atoms with Crippen LogP contribution in [0.15, 0.2) is 30.5 Å². The highest BCUT2D eigenvalue weighted by atomic mass is 32.1. The van der Waals surface area contributed by atoms with Crippen molar-refractivity contribution in [1.82, 2.24) is 10.3 Å². The van der Waals surface area contributed by atoms with Gasteiger partial charge in [-0.05, 0) is 30.2 Å². The number of nitrogens with two attached hydrogens (primary N) is 2. The molecule has 0 saturated heterocycles. The Labute approximate surface area is 152 Å². The minimum atomic E-state index is -2.79. The number of halogens is 2. The molecule has 9 heteroatoms. The van der Waals surface area contributed by atoms with E-state index in [-0.39, 0.29) is 5.56 Å². The first-order valence-electron chi connectivity index (χ1n) is 7.49. The second-order valence-electron chi connectivity index (χ2n) is 5.44. The lowest BCUT2D eigenvalue weighted by Crippen LogP contribution is -2.50. The summed E-state index contributed by atoms with van der Waals surface area (Å²) in [5.74, 6) is 2.70. The zero-order valence-corrected chi connectivity index (χ0v) is 14.5. The van der Waals surface area contributed by atoms with E-state index in [4.69, 9.17) is 11.5 Å². The Morgan fingerprint density at radius 1 is 1.23 bits per heavy atom. The number of thiazole rings is 1. The van der Waals surface area contributed by atoms with Crippen LogP contribution in [-0.2, 0) is 4.79 Å². The summed E-state index contributed by atoms with van der Waals surface area (Å²) in [6.45, 7) is 1.14. The Bertz CT molecular complexity index is 856. The molecule has 1 aromatic heterocycles. The molecule has 2 unspecified atom stereocenters. The van der Waals surface area contributed by atoms with Crippen molar-refractivity contribution in [3.8, 4) is 11.8 Å². The molecule has 6 nitrogen and oxygen atoms in total. The Hall–Kier alpha value is -2.99. The lowest BCUT2D eigenvalue weighted by Gasteiger charge is -2.21. The molecule has 0 aliphatic carbocycles. The number of alkyl halides is 2. The summed E-state index contributed by atoms with van der Waals surface area (Å²) in [4.78, 5) is 28.1. The molecule has 5 N–H and O–H groups in total. The van der Waals surface area contributed by atoms with E-state index in [1.807, 2.05) is 0 Å². The van der Waals surface area contributed by atoms with Gasteiger partial charge in [-0.25, -0.2) is 13.8 Å². The summed E-state index contributed by atoms with van der Waals surface area (Å²) in [5.41, 5.74) is 11.5. The number of primary amides is 1. The molecule has 0 saturated carbocycles. The first-order valence-corrected chi connectivity index (χ1v) is 8.31. The van der Waals surface area contributed by atoms with E-state index in [1.54, 1.807) is 18.3 Å². The van der Waals surface area contributed by atoms with Gasteiger partial charge in [0.2, 0.25) is 12.3 Å². The average molecular weight is 378 g/mol. The Morgan fingerprint density at radius 2 is 1.88 bits per heavy atom. The van der Waals surface area contributed by atoms with Crippen molar-refractivity contribution in [1.29, 1.82) is 0 Å². The number of hydrogen-bond donors (Lipinski definition) is 3. The maximum absolute atomic E-state index is 12.8. The fourth-order valence-corrected chi connectivity index (χ4v) is 2.55. The smallest absolute Gasteiger partial charge is 0.251 e. The summed E-state index contributed by atoms with van der Waals surface area (Å²) in [5, 5.41) is 2.66. The normalized spacial score (nSPS) is 12.8. The molecule has 0 radical (unpaired) electrons. The van der Waals surface area contributed by atoms with E-state index in [1.165, 1.54) is 23.5 Å². The summed E-state index contributed by atoms with van der Waals surface area (Å²) < 4.78 is 25.6. The zero-order chi connectivity index (χ0) is 19.3. The van der Waals surface area contributed by atoms with E-state index in [0.29, 0.717) is 15.6 Å². The summed E-state index contributed by atoms with van der Waals surface area (Å²) in [6.07, 6.45) is -1.23. The minimum absolute atomic E-state index is 0.199. The SMILES string of the molecule is CC(C(F)F)C(NC(=O)c1ccc(C#Cc2cnc(N)s2)cc1)C(N)=O. The fourth-order valence-electron chi connectivity index (χ4n) is 2.02. The maximum atomic E-state index is 12.8. The van der Waals surface area contributed by atoms with Gasteiger partial charge in [0.25, 0.3) is 5.91 Å². The number of amides is 2. The molecule has 2 rings (SSSR count). The van der Waals surface area contributed by atoms with Crippen molar-refractivity contribution in [2.24, 2.45) is 11.7 Å². The average Bonchev–Trinajstić information content (AvgIpc) is 3.02. The van der Waals surface area contributed by atoms with Gasteiger partial charge in [0.05, 0.1) is 11.1 Å². The number of nitrogens with zero attached hydrogens (tertiary/aromatic N) is 1. The molecule has 0 bridgehead atoms. The monoisotopic (exact) mass is 378 g/mol. The molecule has 2 aromatic rings. The first-order chi connectivity index (χ1) is 12.3. The van der Waals surface area contributed by atoms with Crippen LogP contribution in [0.1, 0.15) is 27.7 Å². The number of carbonyl (C=O) groups is 2. The van der Waals surface area contributed by atoms with Crippen LogP contribution in [0, 0.1) is 17.8 Å². The topological polar surface area (TPSA) is 111 Å². The Morgan fingerprint density at radius 3 is 2.38 bits per heavy atom. The number of nitrogens with one attached hydrogen (secondary N) is 1. The molecule has 136 valence electrons. The van der Waals surface area contributed by atoms with Crippen LogP contribution in [-0.4, -0.2) is 29.3 Å². The lowest BCUT2D eigenvalue weighted by atomic mass is 10.0. The van der Waals surface area contributed by atoms with Crippen LogP contribution in [0.25, 0.3) is 0 Å². The van der Waals surface area contributed by atoms with Gasteiger partial charge in [0, 0.05) is 17.0 Å². The second kappa shape index (κ2) is 8.40. The first kappa shape index (κ1) is 19.3. The van der Waals surface area contributed by atoms with E-state index >= 15 is 0 Å². The van der Waals surface area contributed by atoms with Crippen LogP contribution >= 0.6 is 11.3 Å². The zero-order valence-electron chi connectivity index (χ0n) is 13.7. The van der Waals surface area contributed by atoms with Gasteiger partial charge in [-0.15, -0.1) is 0 Å². The van der Waals surface area contributed by atoms with Crippen molar-refractivity contribution >= 4 is 28.3 Å². The summed E-state index contributed by atoms with van der Waals surface area (Å²) in [6, 6.07) is 4.69. The maximum Gasteiger partial charge on any atom is 0.251 e. The summed E-state index contributed by atoms with van der Waals surface area (Å²) in [7, 11) is 0. The summed E-state index contributed by atoms with van der Waals surface area (Å²) >= 11 is 1.25. The van der Waals surface area contributed by atoms with Gasteiger partial charge in [-0.1, -0.05) is 24.2 Å². The van der Waals surface area contributed by atoms with Crippen LogP contribution in [0.4, 0.5) is 13.9 Å². The molecule has 0 aliphatic rings. The molecule has 2 atom stereocenters. The number of aromatic nitrogens is 1. The lowest BCUT2D eigenvalue weighted by molar-refractivity contribution is -0.122. The third-order valence-electron chi connectivity index (χ3n) is 3.52. The van der Waals surface area contributed by atoms with Gasteiger partial charge < -0.3 is 16.8 Å². The van der Waals surface area contributed by atoms with Crippen LogP contribution < -0.4 is 16.8 Å². The molecule has 1 heterocycles. The number of rotatable bonds is 5. The van der Waals surface area contributed by atoms with Crippen molar-refractivity contribution in [2.45, 2.75) is 19.4 Å². The number of hydrogen-bond acceptors (Lipinski definition) is 5. The Balaban J connectivity index is 2.08. The number of nitrogen functional groups attached to an aromatic ring is 1. The highest BCUT2D eigenvalue weighted by Gasteiger charge is 2.31. The largest absolute Gasteiger partial charge is 0.375 e. The molecule has 0 aliphatic heterocycles. The number of anilines is 1. The molecular formula is C17H16F2N4O2S. The molecule has 0 spiro atoms. The van der Waals surface area contributed by atoms with E-state index in [9.17, 15) is 18.4 Å². The molecular weight excluding hydrogens is 362 g/mol. The van der Waals surface area contributed by atoms with Crippen LogP contribution in [0.5, 0.6) is 0 Å². The van der Waals surface area contributed by atoms with Crippen LogP contribution in [0.2, 0.25) is 0 Å². The van der Waals surface area contributed by atoms with Gasteiger partial charge in [0.1, 0.15) is 6.04 Å². The highest BCUT2D eigenvalue weighted by Crippen LogP contribution is 2.15. The van der Waals surface area contributed by atoms with Crippen molar-refractivity contribution in [3.05, 3.63) is 46.5 Å². The van der Waals surface area contributed by atoms with Gasteiger partial charge in [-0.2, -0.15) is 0 Å². The quantitative estimate of drug-likeness (QED) is 0.686. The van der Waals surface area contributed by atoms with E-state index in [2.05, 4.69) is 22.1 Å². The van der Waals surface area contributed by atoms with Crippen molar-refractivity contribution < 1.29 is 18.4 Å². The van der Waals surface area contributed by atoms with Gasteiger partial charge in [-0.3, -0.25) is 9.59 Å². The second-order valence-corrected chi connectivity index (χ2v) is 6.50. The van der Waals surface area contributed by atoms with Crippen molar-refractivity contribution in [3.63, 3.8) is 0 Å². The molecule has 2 amide bonds. The third-order valence-corrected chi connectivity index (χ3v) is 4.26. The van der Waals surface area contributed by atoms with E-state index < -0.39 is 30.2 Å². The van der Waals surface area contributed by atoms with Crippen molar-refractivity contribution in [2.75, 3.05) is 5.73 Å². The predicted octanol–water partition coefficient (Wildman–Crippen LogP) is 1.61. The molecule has 1 aromatic carbocycles. The minimum Gasteiger partial charge on any atom is -0.375 e. The van der Waals surface area contributed by atoms with Gasteiger partial charge >= 0.3 is 0 Å². The van der Waals surface area contributed by atoms with Crippen LogP contribution in [0.3, 0.4) is 0 Å². The third kappa shape index (κ3) is 5.00. The highest BCUT2D eigenvalue weighted by molar-refractivity contribution is 7.15. The standard InChI is InChI=1S/C17H16F2N4O2S/c1-9(14(18)19)13(15(20)24)23-16(25)11-5-2-10(3-6-11)4-7-12-8-22-17(21)26-12/h2-3,5-6,8-9,13-14H,1H3,(H2,20,24)(H2,21,22)(H,23,25). The number of carbonyl (C=O) groups excluding carboxylic acids is 2. The number of benzene rings is 1. The van der Waals surface area contributed by atoms with Gasteiger partial charge in [0.15, 0.2) is 5.13 Å². The molecule has 0 fully saturated rings. The molecule has 26 heavy (non-hydrogen) atoms. The van der Waals surface area contributed by atoms with E-state index in [0.717, 1.165) is 6.92 Å². The Kier molecular flexibility index (Phi) is 6.25. The fraction of sp³-hybridized carbons (Fsp3) is 0.235.